The van der Waals surface area contributed by atoms with Gasteiger partial charge in [-0.05, 0) is 27.2 Å². The Morgan fingerprint density at radius 3 is 2.50 bits per heavy atom. The lowest BCUT2D eigenvalue weighted by Crippen LogP contribution is -2.46. The van der Waals surface area contributed by atoms with E-state index in [1.165, 1.54) is 0 Å². The quantitative estimate of drug-likeness (QED) is 0.683. The highest BCUT2D eigenvalue weighted by Gasteiger charge is 2.29. The minimum atomic E-state index is -0.611. The average Bonchev–Trinajstić information content (AvgIpc) is 2.06. The first kappa shape index (κ1) is 12.7. The largest absolute Gasteiger partial charge is 0.444 e. The second-order valence-electron chi connectivity index (χ2n) is 4.92. The molecule has 0 aromatic carbocycles. The molecular formula is C11H17NO4. The van der Waals surface area contributed by atoms with E-state index in [0.29, 0.717) is 12.8 Å². The maximum absolute atomic E-state index is 11.4. The van der Waals surface area contributed by atoms with Crippen molar-refractivity contribution in [3.63, 3.8) is 0 Å². The van der Waals surface area contributed by atoms with E-state index >= 15 is 0 Å². The predicted octanol–water partition coefficient (Wildman–Crippen LogP) is 1.20. The number of ether oxygens (including phenoxy) is 1. The topological polar surface area (TPSA) is 72.5 Å². The van der Waals surface area contributed by atoms with Crippen molar-refractivity contribution in [1.29, 1.82) is 0 Å². The molecule has 0 saturated heterocycles. The van der Waals surface area contributed by atoms with Crippen molar-refractivity contribution < 1.29 is 19.1 Å². The second kappa shape index (κ2) is 4.63. The summed E-state index contributed by atoms with van der Waals surface area (Å²) in [5.41, 5.74) is -0.586. The third-order valence-electron chi connectivity index (χ3n) is 2.16. The fourth-order valence-electron chi connectivity index (χ4n) is 1.47. The number of ketones is 2. The van der Waals surface area contributed by atoms with E-state index in [1.807, 2.05) is 0 Å². The Morgan fingerprint density at radius 2 is 2.00 bits per heavy atom. The van der Waals surface area contributed by atoms with Crippen molar-refractivity contribution in [3.05, 3.63) is 0 Å². The lowest BCUT2D eigenvalue weighted by atomic mass is 9.93. The van der Waals surface area contributed by atoms with Crippen molar-refractivity contribution in [3.8, 4) is 0 Å². The third-order valence-corrected chi connectivity index (χ3v) is 2.16. The number of rotatable bonds is 1. The van der Waals surface area contributed by atoms with Crippen LogP contribution < -0.4 is 5.32 Å². The summed E-state index contributed by atoms with van der Waals surface area (Å²) in [5, 5.41) is 2.48. The summed E-state index contributed by atoms with van der Waals surface area (Å²) in [6, 6.07) is -0.576. The van der Waals surface area contributed by atoms with Gasteiger partial charge in [0.2, 0.25) is 0 Å². The summed E-state index contributed by atoms with van der Waals surface area (Å²) >= 11 is 0. The summed E-state index contributed by atoms with van der Waals surface area (Å²) in [7, 11) is 0. The van der Waals surface area contributed by atoms with Gasteiger partial charge < -0.3 is 10.1 Å². The number of carbonyl (C=O) groups is 3. The SMILES string of the molecule is CC(C)(C)OC(=O)NC1CCC(=O)CC1=O. The number of hydrogen-bond donors (Lipinski definition) is 1. The molecule has 1 amide bonds. The molecule has 1 rings (SSSR count). The van der Waals surface area contributed by atoms with Gasteiger partial charge in [-0.1, -0.05) is 0 Å². The zero-order chi connectivity index (χ0) is 12.3. The Balaban J connectivity index is 2.45. The Hall–Kier alpha value is -1.39. The standard InChI is InChI=1S/C11H17NO4/c1-11(2,3)16-10(15)12-8-5-4-7(13)6-9(8)14/h8H,4-6H2,1-3H3,(H,12,15). The molecule has 0 bridgehead atoms. The Labute approximate surface area is 94.5 Å². The van der Waals surface area contributed by atoms with E-state index in [4.69, 9.17) is 4.74 Å². The van der Waals surface area contributed by atoms with Crippen LogP contribution in [0.5, 0.6) is 0 Å². The average molecular weight is 227 g/mol. The molecule has 1 atom stereocenters. The summed E-state index contributed by atoms with van der Waals surface area (Å²) in [4.78, 5) is 33.8. The van der Waals surface area contributed by atoms with Gasteiger partial charge in [-0.3, -0.25) is 9.59 Å². The molecule has 90 valence electrons. The smallest absolute Gasteiger partial charge is 0.408 e. The zero-order valence-electron chi connectivity index (χ0n) is 9.83. The monoisotopic (exact) mass is 227 g/mol. The van der Waals surface area contributed by atoms with Gasteiger partial charge >= 0.3 is 6.09 Å². The van der Waals surface area contributed by atoms with Crippen LogP contribution >= 0.6 is 0 Å². The molecule has 1 aliphatic carbocycles. The Morgan fingerprint density at radius 1 is 1.38 bits per heavy atom. The van der Waals surface area contributed by atoms with Gasteiger partial charge in [-0.2, -0.15) is 0 Å². The van der Waals surface area contributed by atoms with Gasteiger partial charge in [0, 0.05) is 6.42 Å². The van der Waals surface area contributed by atoms with Crippen LogP contribution in [-0.4, -0.2) is 29.3 Å². The number of nitrogens with one attached hydrogen (secondary N) is 1. The maximum Gasteiger partial charge on any atom is 0.408 e. The highest BCUT2D eigenvalue weighted by Crippen LogP contribution is 2.13. The summed E-state index contributed by atoms with van der Waals surface area (Å²) in [6.07, 6.45) is 0.0176. The van der Waals surface area contributed by atoms with Gasteiger partial charge in [-0.25, -0.2) is 4.79 Å². The number of carbonyl (C=O) groups excluding carboxylic acids is 3. The van der Waals surface area contributed by atoms with Crippen LogP contribution in [0.25, 0.3) is 0 Å². The lowest BCUT2D eigenvalue weighted by molar-refractivity contribution is -0.131. The van der Waals surface area contributed by atoms with Crippen molar-refractivity contribution in [2.24, 2.45) is 0 Å². The van der Waals surface area contributed by atoms with E-state index in [-0.39, 0.29) is 18.0 Å². The Kier molecular flexibility index (Phi) is 3.67. The Bertz CT molecular complexity index is 316. The predicted molar refractivity (Wildman–Crippen MR) is 57.0 cm³/mol. The van der Waals surface area contributed by atoms with E-state index in [9.17, 15) is 14.4 Å². The van der Waals surface area contributed by atoms with E-state index in [2.05, 4.69) is 5.32 Å². The van der Waals surface area contributed by atoms with Crippen molar-refractivity contribution >= 4 is 17.7 Å². The minimum Gasteiger partial charge on any atom is -0.444 e. The second-order valence-corrected chi connectivity index (χ2v) is 4.92. The third kappa shape index (κ3) is 4.00. The molecule has 0 aliphatic heterocycles. The van der Waals surface area contributed by atoms with Gasteiger partial charge in [0.1, 0.15) is 11.4 Å². The van der Waals surface area contributed by atoms with Gasteiger partial charge in [0.25, 0.3) is 0 Å². The van der Waals surface area contributed by atoms with Crippen LogP contribution in [0.1, 0.15) is 40.0 Å². The molecule has 5 heteroatoms. The number of alkyl carbamates (subject to hydrolysis) is 1. The molecular weight excluding hydrogens is 210 g/mol. The number of hydrogen-bond acceptors (Lipinski definition) is 4. The minimum absolute atomic E-state index is 0.0627. The van der Waals surface area contributed by atoms with Crippen molar-refractivity contribution in [2.75, 3.05) is 0 Å². The van der Waals surface area contributed by atoms with Crippen molar-refractivity contribution in [1.82, 2.24) is 5.32 Å². The van der Waals surface area contributed by atoms with Crippen LogP contribution in [-0.2, 0) is 14.3 Å². The molecule has 0 aromatic rings. The van der Waals surface area contributed by atoms with Gasteiger partial charge in [0.05, 0.1) is 12.5 Å². The van der Waals surface area contributed by atoms with Gasteiger partial charge in [0.15, 0.2) is 5.78 Å². The van der Waals surface area contributed by atoms with Crippen LogP contribution in [0.3, 0.4) is 0 Å². The molecule has 1 fully saturated rings. The lowest BCUT2D eigenvalue weighted by Gasteiger charge is -2.24. The van der Waals surface area contributed by atoms with Crippen LogP contribution in [0.2, 0.25) is 0 Å². The molecule has 0 spiro atoms. The van der Waals surface area contributed by atoms with E-state index in [0.717, 1.165) is 0 Å². The van der Waals surface area contributed by atoms with Crippen LogP contribution in [0.15, 0.2) is 0 Å². The zero-order valence-corrected chi connectivity index (χ0v) is 9.83. The molecule has 16 heavy (non-hydrogen) atoms. The fraction of sp³-hybridized carbons (Fsp3) is 0.727. The van der Waals surface area contributed by atoms with E-state index < -0.39 is 17.7 Å². The fourth-order valence-corrected chi connectivity index (χ4v) is 1.47. The first-order valence-electron chi connectivity index (χ1n) is 5.32. The van der Waals surface area contributed by atoms with Crippen LogP contribution in [0, 0.1) is 0 Å². The van der Waals surface area contributed by atoms with Crippen molar-refractivity contribution in [2.45, 2.75) is 51.7 Å². The molecule has 1 aliphatic rings. The summed E-state index contributed by atoms with van der Waals surface area (Å²) in [5.74, 6) is -0.297. The number of amides is 1. The molecule has 5 nitrogen and oxygen atoms in total. The normalized spacial score (nSPS) is 21.8. The molecule has 1 N–H and O–H groups in total. The summed E-state index contributed by atoms with van der Waals surface area (Å²) < 4.78 is 5.03. The van der Waals surface area contributed by atoms with Crippen LogP contribution in [0.4, 0.5) is 4.79 Å². The maximum atomic E-state index is 11.4. The highest BCUT2D eigenvalue weighted by molar-refractivity contribution is 6.04. The molecule has 0 heterocycles. The molecule has 1 unspecified atom stereocenters. The number of Topliss-reactive ketones (excluding diaryl/α,β-unsaturated/α-hetero) is 2. The first-order valence-corrected chi connectivity index (χ1v) is 5.32. The van der Waals surface area contributed by atoms with Gasteiger partial charge in [-0.15, -0.1) is 0 Å². The first-order chi connectivity index (χ1) is 7.28. The molecule has 0 radical (unpaired) electrons. The molecule has 0 aromatic heterocycles. The summed E-state index contributed by atoms with van der Waals surface area (Å²) in [6.45, 7) is 5.25. The van der Waals surface area contributed by atoms with E-state index in [1.54, 1.807) is 20.8 Å². The highest BCUT2D eigenvalue weighted by atomic mass is 16.6. The molecule has 1 saturated carbocycles.